The van der Waals surface area contributed by atoms with Crippen molar-refractivity contribution in [2.75, 3.05) is 13.1 Å². The third-order valence-corrected chi connectivity index (χ3v) is 7.91. The van der Waals surface area contributed by atoms with Gasteiger partial charge in [0.05, 0.1) is 23.7 Å². The van der Waals surface area contributed by atoms with Crippen molar-refractivity contribution in [3.8, 4) is 0 Å². The first-order valence-electron chi connectivity index (χ1n) is 11.0. The highest BCUT2D eigenvalue weighted by Gasteiger charge is 2.43. The molecular weight excluding hydrogens is 448 g/mol. The maximum atomic E-state index is 13.1. The Bertz CT molecular complexity index is 1440. The zero-order valence-corrected chi connectivity index (χ0v) is 19.3. The van der Waals surface area contributed by atoms with Crippen molar-refractivity contribution in [2.24, 2.45) is 0 Å². The van der Waals surface area contributed by atoms with Crippen molar-refractivity contribution in [3.63, 3.8) is 0 Å². The summed E-state index contributed by atoms with van der Waals surface area (Å²) in [7, 11) is -3.58. The maximum Gasteiger partial charge on any atom is 0.254 e. The average molecular weight is 473 g/mol. The van der Waals surface area contributed by atoms with Crippen molar-refractivity contribution in [1.29, 1.82) is 0 Å². The summed E-state index contributed by atoms with van der Waals surface area (Å²) in [4.78, 5) is 18.8. The number of pyridine rings is 1. The fourth-order valence-corrected chi connectivity index (χ4v) is 6.08. The van der Waals surface area contributed by atoms with Crippen LogP contribution in [0.1, 0.15) is 21.5 Å². The lowest BCUT2D eigenvalue weighted by Crippen LogP contribution is -2.64. The Labute approximate surface area is 198 Å². The number of hydrogen-bond donors (Lipinski definition) is 1. The van der Waals surface area contributed by atoms with Gasteiger partial charge < -0.3 is 10.0 Å². The van der Waals surface area contributed by atoms with E-state index < -0.39 is 15.4 Å². The summed E-state index contributed by atoms with van der Waals surface area (Å²) in [5, 5.41) is 12.1. The second kappa shape index (κ2) is 8.66. The summed E-state index contributed by atoms with van der Waals surface area (Å²) in [6, 6.07) is 23.2. The van der Waals surface area contributed by atoms with Gasteiger partial charge in [0.15, 0.2) is 9.84 Å². The van der Waals surface area contributed by atoms with Crippen molar-refractivity contribution in [1.82, 2.24) is 9.88 Å². The Morgan fingerprint density at radius 2 is 1.65 bits per heavy atom. The van der Waals surface area contributed by atoms with Gasteiger partial charge in [0.2, 0.25) is 0 Å². The number of sulfone groups is 1. The Morgan fingerprint density at radius 1 is 0.912 bits per heavy atom. The minimum Gasteiger partial charge on any atom is -0.386 e. The van der Waals surface area contributed by atoms with Gasteiger partial charge in [0.25, 0.3) is 5.91 Å². The topological polar surface area (TPSA) is 87.6 Å². The lowest BCUT2D eigenvalue weighted by atomic mass is 9.86. The standard InChI is InChI=1S/C27H24N2O4S/c30-26(29-18-27(31,19-29)15-20-5-2-1-3-6-20)22-11-9-21(10-12-22)17-34(32,33)25-8-4-7-23-16-28-14-13-24(23)25/h1-14,16,31H,15,17-19H2. The van der Waals surface area contributed by atoms with Crippen LogP contribution in [0, 0.1) is 0 Å². The van der Waals surface area contributed by atoms with Crippen LogP contribution in [0.4, 0.5) is 0 Å². The molecule has 1 N–H and O–H groups in total. The lowest BCUT2D eigenvalue weighted by molar-refractivity contribution is -0.0799. The highest BCUT2D eigenvalue weighted by atomic mass is 32.2. The van der Waals surface area contributed by atoms with Crippen LogP contribution < -0.4 is 0 Å². The van der Waals surface area contributed by atoms with Crippen LogP contribution in [-0.2, 0) is 22.0 Å². The van der Waals surface area contributed by atoms with E-state index in [9.17, 15) is 18.3 Å². The van der Waals surface area contributed by atoms with Crippen molar-refractivity contribution in [3.05, 3.63) is 108 Å². The normalized spacial score (nSPS) is 15.1. The van der Waals surface area contributed by atoms with Gasteiger partial charge >= 0.3 is 0 Å². The molecule has 172 valence electrons. The number of carbonyl (C=O) groups excluding carboxylic acids is 1. The first kappa shape index (κ1) is 22.3. The van der Waals surface area contributed by atoms with Gasteiger partial charge in [-0.25, -0.2) is 8.42 Å². The first-order valence-corrected chi connectivity index (χ1v) is 12.7. The van der Waals surface area contributed by atoms with Gasteiger partial charge in [-0.05, 0) is 35.4 Å². The van der Waals surface area contributed by atoms with Gasteiger partial charge in [-0.3, -0.25) is 9.78 Å². The number of aromatic nitrogens is 1. The van der Waals surface area contributed by atoms with Gasteiger partial charge in [-0.1, -0.05) is 54.6 Å². The van der Waals surface area contributed by atoms with Gasteiger partial charge in [0, 0.05) is 35.2 Å². The summed E-state index contributed by atoms with van der Waals surface area (Å²) in [5.74, 6) is -0.336. The molecule has 1 saturated heterocycles. The predicted octanol–water partition coefficient (Wildman–Crippen LogP) is 3.64. The monoisotopic (exact) mass is 472 g/mol. The summed E-state index contributed by atoms with van der Waals surface area (Å²) >= 11 is 0. The molecule has 1 aliphatic heterocycles. The molecule has 6 nitrogen and oxygen atoms in total. The van der Waals surface area contributed by atoms with E-state index in [0.29, 0.717) is 22.9 Å². The molecule has 1 aromatic heterocycles. The van der Waals surface area contributed by atoms with E-state index in [1.807, 2.05) is 36.4 Å². The van der Waals surface area contributed by atoms with Gasteiger partial charge in [0.1, 0.15) is 5.60 Å². The average Bonchev–Trinajstić information content (AvgIpc) is 2.82. The van der Waals surface area contributed by atoms with E-state index in [4.69, 9.17) is 0 Å². The van der Waals surface area contributed by atoms with E-state index in [1.165, 1.54) is 0 Å². The number of carbonyl (C=O) groups is 1. The van der Waals surface area contributed by atoms with E-state index in [2.05, 4.69) is 4.98 Å². The van der Waals surface area contributed by atoms with Crippen molar-refractivity contribution in [2.45, 2.75) is 22.7 Å². The SMILES string of the molecule is O=C(c1ccc(CS(=O)(=O)c2cccc3cnccc23)cc1)N1CC(O)(Cc2ccccc2)C1. The Hall–Kier alpha value is -3.55. The number of nitrogens with zero attached hydrogens (tertiary/aromatic N) is 2. The van der Waals surface area contributed by atoms with Crippen LogP contribution in [-0.4, -0.2) is 48.0 Å². The maximum absolute atomic E-state index is 13.1. The number of aliphatic hydroxyl groups is 1. The number of β-amino-alcohol motifs (C(OH)–C–C–N with tert-alkyl or cyclic N) is 1. The molecule has 1 aliphatic rings. The lowest BCUT2D eigenvalue weighted by Gasteiger charge is -2.46. The molecule has 0 spiro atoms. The zero-order chi connectivity index (χ0) is 23.8. The van der Waals surface area contributed by atoms with Crippen molar-refractivity contribution >= 4 is 26.5 Å². The molecule has 1 amide bonds. The highest BCUT2D eigenvalue weighted by Crippen LogP contribution is 2.28. The largest absolute Gasteiger partial charge is 0.386 e. The molecule has 0 unspecified atom stereocenters. The molecule has 2 heterocycles. The molecule has 0 aliphatic carbocycles. The van der Waals surface area contributed by atoms with Crippen LogP contribution in [0.25, 0.3) is 10.8 Å². The number of amides is 1. The molecule has 3 aromatic carbocycles. The molecule has 4 aromatic rings. The van der Waals surface area contributed by atoms with Crippen LogP contribution in [0.3, 0.4) is 0 Å². The Balaban J connectivity index is 1.26. The molecule has 1 fully saturated rings. The smallest absolute Gasteiger partial charge is 0.254 e. The molecule has 7 heteroatoms. The zero-order valence-electron chi connectivity index (χ0n) is 18.5. The van der Waals surface area contributed by atoms with E-state index in [0.717, 1.165) is 10.9 Å². The highest BCUT2D eigenvalue weighted by molar-refractivity contribution is 7.90. The summed E-state index contributed by atoms with van der Waals surface area (Å²) < 4.78 is 26.2. The Kier molecular flexibility index (Phi) is 5.67. The quantitative estimate of drug-likeness (QED) is 0.463. The van der Waals surface area contributed by atoms with E-state index >= 15 is 0 Å². The van der Waals surface area contributed by atoms with Crippen LogP contribution >= 0.6 is 0 Å². The minimum atomic E-state index is -3.58. The molecular formula is C27H24N2O4S. The number of rotatable bonds is 6. The molecule has 0 radical (unpaired) electrons. The van der Waals surface area contributed by atoms with E-state index in [1.54, 1.807) is 59.8 Å². The number of benzene rings is 3. The second-order valence-electron chi connectivity index (χ2n) is 8.86. The van der Waals surface area contributed by atoms with Gasteiger partial charge in [-0.2, -0.15) is 0 Å². The third-order valence-electron chi connectivity index (χ3n) is 6.17. The molecule has 0 atom stereocenters. The van der Waals surface area contributed by atoms with Crippen molar-refractivity contribution < 1.29 is 18.3 Å². The second-order valence-corrected chi connectivity index (χ2v) is 10.8. The molecule has 34 heavy (non-hydrogen) atoms. The minimum absolute atomic E-state index is 0.163. The Morgan fingerprint density at radius 3 is 2.38 bits per heavy atom. The van der Waals surface area contributed by atoms with Gasteiger partial charge in [-0.15, -0.1) is 0 Å². The summed E-state index contributed by atoms with van der Waals surface area (Å²) in [5.41, 5.74) is 1.19. The van der Waals surface area contributed by atoms with Crippen LogP contribution in [0.15, 0.2) is 96.2 Å². The molecule has 0 saturated carbocycles. The summed E-state index contributed by atoms with van der Waals surface area (Å²) in [6.45, 7) is 0.541. The first-order chi connectivity index (χ1) is 16.3. The molecule has 0 bridgehead atoms. The molecule has 5 rings (SSSR count). The van der Waals surface area contributed by atoms with E-state index in [-0.39, 0.29) is 29.6 Å². The predicted molar refractivity (Wildman–Crippen MR) is 130 cm³/mol. The van der Waals surface area contributed by atoms with Crippen LogP contribution in [0.2, 0.25) is 0 Å². The number of fused-ring (bicyclic) bond motifs is 1. The fraction of sp³-hybridized carbons (Fsp3) is 0.185. The number of hydrogen-bond acceptors (Lipinski definition) is 5. The summed E-state index contributed by atoms with van der Waals surface area (Å²) in [6.07, 6.45) is 3.72. The number of likely N-dealkylation sites (tertiary alicyclic amines) is 1. The van der Waals surface area contributed by atoms with Crippen LogP contribution in [0.5, 0.6) is 0 Å². The third kappa shape index (κ3) is 4.44. The fourth-order valence-electron chi connectivity index (χ4n) is 4.48.